The first-order chi connectivity index (χ1) is 15.7. The van der Waals surface area contributed by atoms with E-state index in [4.69, 9.17) is 21.4 Å². The van der Waals surface area contributed by atoms with Crippen molar-refractivity contribution < 1.29 is 13.9 Å². The number of carbonyl (C=O) groups excluding carboxylic acids is 1. The van der Waals surface area contributed by atoms with Crippen molar-refractivity contribution in [1.29, 1.82) is 0 Å². The standard InChI is InChI=1S/C22H13Br3IN3O3S/c1-31-19-14(6-10(23)7-16(19)25)20(30)29-22(33)27-12-3-5-18-17(9-12)28-21(32-18)13-8-11(26)2-4-15(13)24/h2-9H,1H3,(H2,27,29,30,33). The third-order valence-electron chi connectivity index (χ3n) is 4.49. The summed E-state index contributed by atoms with van der Waals surface area (Å²) in [5.74, 6) is 0.521. The number of oxazole rings is 1. The van der Waals surface area contributed by atoms with Crippen LogP contribution in [0.3, 0.4) is 0 Å². The van der Waals surface area contributed by atoms with Gasteiger partial charge in [0.05, 0.1) is 22.7 Å². The zero-order valence-corrected chi connectivity index (χ0v) is 24.4. The van der Waals surface area contributed by atoms with Gasteiger partial charge in [0.25, 0.3) is 5.91 Å². The van der Waals surface area contributed by atoms with Crippen molar-refractivity contribution in [3.8, 4) is 17.2 Å². The summed E-state index contributed by atoms with van der Waals surface area (Å²) in [6, 6.07) is 14.8. The van der Waals surface area contributed by atoms with Gasteiger partial charge in [-0.25, -0.2) is 4.98 Å². The Morgan fingerprint density at radius 1 is 1.09 bits per heavy atom. The third-order valence-corrected chi connectivity index (χ3v) is 7.10. The maximum absolute atomic E-state index is 12.8. The lowest BCUT2D eigenvalue weighted by Crippen LogP contribution is -2.34. The molecule has 0 unspecified atom stereocenters. The minimum Gasteiger partial charge on any atom is -0.495 e. The molecule has 0 saturated heterocycles. The smallest absolute Gasteiger partial charge is 0.261 e. The molecule has 0 radical (unpaired) electrons. The molecule has 11 heteroatoms. The van der Waals surface area contributed by atoms with Gasteiger partial charge in [0, 0.05) is 18.2 Å². The van der Waals surface area contributed by atoms with Gasteiger partial charge in [-0.2, -0.15) is 0 Å². The molecular weight excluding hydrogens is 753 g/mol. The van der Waals surface area contributed by atoms with Gasteiger partial charge < -0.3 is 14.5 Å². The molecule has 2 N–H and O–H groups in total. The van der Waals surface area contributed by atoms with Crippen molar-refractivity contribution in [2.24, 2.45) is 0 Å². The van der Waals surface area contributed by atoms with Crippen LogP contribution in [0, 0.1) is 3.57 Å². The van der Waals surface area contributed by atoms with E-state index in [1.165, 1.54) is 7.11 Å². The van der Waals surface area contributed by atoms with E-state index in [1.807, 2.05) is 18.2 Å². The largest absolute Gasteiger partial charge is 0.495 e. The van der Waals surface area contributed by atoms with Crippen molar-refractivity contribution in [1.82, 2.24) is 10.3 Å². The van der Waals surface area contributed by atoms with Crippen LogP contribution in [0.4, 0.5) is 5.69 Å². The second-order valence-corrected chi connectivity index (χ2v) is 11.0. The molecule has 0 fully saturated rings. The maximum Gasteiger partial charge on any atom is 0.261 e. The summed E-state index contributed by atoms with van der Waals surface area (Å²) in [5.41, 5.74) is 3.16. The molecule has 0 aliphatic rings. The van der Waals surface area contributed by atoms with E-state index < -0.39 is 5.91 Å². The predicted octanol–water partition coefficient (Wildman–Crippen LogP) is 7.52. The van der Waals surface area contributed by atoms with E-state index in [2.05, 4.69) is 86.0 Å². The average Bonchev–Trinajstić information content (AvgIpc) is 3.18. The number of thiocarbonyl (C=S) groups is 1. The summed E-state index contributed by atoms with van der Waals surface area (Å²) >= 11 is 17.9. The minimum atomic E-state index is -0.403. The molecule has 1 aromatic heterocycles. The Balaban J connectivity index is 1.53. The highest BCUT2D eigenvalue weighted by Crippen LogP contribution is 2.33. The summed E-state index contributed by atoms with van der Waals surface area (Å²) in [4.78, 5) is 17.4. The summed E-state index contributed by atoms with van der Waals surface area (Å²) in [6.07, 6.45) is 0. The second kappa shape index (κ2) is 10.4. The van der Waals surface area contributed by atoms with Crippen LogP contribution < -0.4 is 15.4 Å². The Bertz CT molecular complexity index is 1410. The zero-order valence-electron chi connectivity index (χ0n) is 16.7. The van der Waals surface area contributed by atoms with Gasteiger partial charge in [-0.3, -0.25) is 10.1 Å². The molecule has 33 heavy (non-hydrogen) atoms. The van der Waals surface area contributed by atoms with Crippen LogP contribution in [0.15, 0.2) is 66.4 Å². The molecule has 0 aliphatic carbocycles. The van der Waals surface area contributed by atoms with Crippen molar-refractivity contribution in [3.05, 3.63) is 71.1 Å². The molecule has 0 atom stereocenters. The van der Waals surface area contributed by atoms with Gasteiger partial charge >= 0.3 is 0 Å². The number of halogens is 4. The first-order valence-corrected chi connectivity index (χ1v) is 13.1. The Hall–Kier alpha value is -1.54. The van der Waals surface area contributed by atoms with Gasteiger partial charge in [0.1, 0.15) is 11.3 Å². The fourth-order valence-corrected chi connectivity index (χ4v) is 5.56. The number of amides is 1. The van der Waals surface area contributed by atoms with Crippen molar-refractivity contribution in [3.63, 3.8) is 0 Å². The molecule has 0 bridgehead atoms. The molecule has 6 nitrogen and oxygen atoms in total. The number of benzene rings is 3. The zero-order chi connectivity index (χ0) is 23.7. The normalized spacial score (nSPS) is 10.8. The van der Waals surface area contributed by atoms with Gasteiger partial charge in [-0.05, 0) is 115 Å². The van der Waals surface area contributed by atoms with Gasteiger partial charge in [-0.15, -0.1) is 0 Å². The molecule has 4 aromatic rings. The van der Waals surface area contributed by atoms with Gasteiger partial charge in [-0.1, -0.05) is 15.9 Å². The fourth-order valence-electron chi connectivity index (χ4n) is 3.05. The van der Waals surface area contributed by atoms with Crippen LogP contribution >= 0.6 is 82.6 Å². The van der Waals surface area contributed by atoms with E-state index in [0.717, 1.165) is 18.1 Å². The monoisotopic (exact) mass is 763 g/mol. The predicted molar refractivity (Wildman–Crippen MR) is 152 cm³/mol. The molecule has 0 spiro atoms. The number of nitrogens with one attached hydrogen (secondary N) is 2. The maximum atomic E-state index is 12.8. The third kappa shape index (κ3) is 5.59. The highest BCUT2D eigenvalue weighted by atomic mass is 127. The molecule has 1 amide bonds. The molecule has 3 aromatic carbocycles. The number of ether oxygens (including phenoxy) is 1. The quantitative estimate of drug-likeness (QED) is 0.166. The van der Waals surface area contributed by atoms with Gasteiger partial charge in [0.15, 0.2) is 10.7 Å². The number of carbonyl (C=O) groups is 1. The van der Waals surface area contributed by atoms with Crippen molar-refractivity contribution in [2.45, 2.75) is 0 Å². The summed E-state index contributed by atoms with van der Waals surface area (Å²) in [7, 11) is 1.50. The summed E-state index contributed by atoms with van der Waals surface area (Å²) < 4.78 is 14.6. The number of fused-ring (bicyclic) bond motifs is 1. The van der Waals surface area contributed by atoms with Gasteiger partial charge in [0.2, 0.25) is 5.89 Å². The molecule has 4 rings (SSSR count). The summed E-state index contributed by atoms with van der Waals surface area (Å²) in [6.45, 7) is 0. The second-order valence-electron chi connectivity index (χ2n) is 6.70. The first kappa shape index (κ1) is 24.6. The number of methoxy groups -OCH3 is 1. The van der Waals surface area contributed by atoms with E-state index in [0.29, 0.717) is 38.5 Å². The Labute approximate surface area is 233 Å². The molecule has 0 aliphatic heterocycles. The number of rotatable bonds is 4. The van der Waals surface area contributed by atoms with Crippen LogP contribution in [0.5, 0.6) is 5.75 Å². The number of nitrogens with zero attached hydrogens (tertiary/aromatic N) is 1. The summed E-state index contributed by atoms with van der Waals surface area (Å²) in [5, 5.41) is 5.83. The molecule has 1 heterocycles. The van der Waals surface area contributed by atoms with E-state index in [9.17, 15) is 4.79 Å². The Morgan fingerprint density at radius 3 is 2.64 bits per heavy atom. The molecule has 0 saturated carbocycles. The highest BCUT2D eigenvalue weighted by Gasteiger charge is 2.18. The van der Waals surface area contributed by atoms with Crippen LogP contribution in [-0.2, 0) is 0 Å². The van der Waals surface area contributed by atoms with E-state index in [-0.39, 0.29) is 5.11 Å². The van der Waals surface area contributed by atoms with E-state index in [1.54, 1.807) is 30.3 Å². The van der Waals surface area contributed by atoms with Crippen LogP contribution in [0.25, 0.3) is 22.6 Å². The minimum absolute atomic E-state index is 0.140. The van der Waals surface area contributed by atoms with Crippen LogP contribution in [0.2, 0.25) is 0 Å². The lowest BCUT2D eigenvalue weighted by Gasteiger charge is -2.13. The number of hydrogen-bond acceptors (Lipinski definition) is 5. The van der Waals surface area contributed by atoms with Crippen molar-refractivity contribution >= 4 is 110 Å². The van der Waals surface area contributed by atoms with Crippen LogP contribution in [0.1, 0.15) is 10.4 Å². The fraction of sp³-hybridized carbons (Fsp3) is 0.0455. The number of aromatic nitrogens is 1. The Kier molecular flexibility index (Phi) is 7.73. The lowest BCUT2D eigenvalue weighted by molar-refractivity contribution is 0.0974. The molecular formula is C22H13Br3IN3O3S. The number of hydrogen-bond donors (Lipinski definition) is 2. The highest BCUT2D eigenvalue weighted by molar-refractivity contribution is 14.1. The number of anilines is 1. The van der Waals surface area contributed by atoms with Crippen molar-refractivity contribution in [2.75, 3.05) is 12.4 Å². The van der Waals surface area contributed by atoms with Crippen LogP contribution in [-0.4, -0.2) is 23.1 Å². The topological polar surface area (TPSA) is 76.4 Å². The molecule has 168 valence electrons. The lowest BCUT2D eigenvalue weighted by atomic mass is 10.2. The Morgan fingerprint density at radius 2 is 1.88 bits per heavy atom. The van der Waals surface area contributed by atoms with E-state index >= 15 is 0 Å². The average molecular weight is 766 g/mol. The SMILES string of the molecule is COc1c(Br)cc(Br)cc1C(=O)NC(=S)Nc1ccc2oc(-c3cc(I)ccc3Br)nc2c1. The first-order valence-electron chi connectivity index (χ1n) is 9.26.